The highest BCUT2D eigenvalue weighted by Gasteiger charge is 2.25. The van der Waals surface area contributed by atoms with Gasteiger partial charge in [0, 0.05) is 11.1 Å². The molecule has 0 atom stereocenters. The van der Waals surface area contributed by atoms with E-state index in [1.54, 1.807) is 37.3 Å². The lowest BCUT2D eigenvalue weighted by molar-refractivity contribution is 0.133. The minimum Gasteiger partial charge on any atom is -0.451 e. The number of benzene rings is 2. The van der Waals surface area contributed by atoms with Crippen LogP contribution in [0, 0.1) is 0 Å². The number of carbonyl (C=O) groups is 2. The maximum Gasteiger partial charge on any atom is 0.511 e. The Morgan fingerprint density at radius 2 is 1.66 bits per heavy atom. The number of rotatable bonds is 5. The molecule has 3 rings (SSSR count). The van der Waals surface area contributed by atoms with Crippen molar-refractivity contribution in [3.63, 3.8) is 0 Å². The van der Waals surface area contributed by atoms with Gasteiger partial charge in [-0.1, -0.05) is 44.2 Å². The van der Waals surface area contributed by atoms with Crippen LogP contribution in [0.4, 0.5) is 9.59 Å². The van der Waals surface area contributed by atoms with Crippen LogP contribution in [0.15, 0.2) is 45.6 Å². The number of aryl methyl sites for hydroxylation is 1. The molecule has 29 heavy (non-hydrogen) atoms. The molecule has 8 nitrogen and oxygen atoms in total. The van der Waals surface area contributed by atoms with E-state index in [9.17, 15) is 14.4 Å². The smallest absolute Gasteiger partial charge is 0.451 e. The summed E-state index contributed by atoms with van der Waals surface area (Å²) in [5.41, 5.74) is 0.987. The third kappa shape index (κ3) is 3.77. The van der Waals surface area contributed by atoms with Gasteiger partial charge in [-0.2, -0.15) is 0 Å². The quantitative estimate of drug-likeness (QED) is 0.468. The summed E-state index contributed by atoms with van der Waals surface area (Å²) in [5.74, 6) is -0.588. The predicted octanol–water partition coefficient (Wildman–Crippen LogP) is 4.70. The van der Waals surface area contributed by atoms with Gasteiger partial charge in [0.05, 0.1) is 5.39 Å². The van der Waals surface area contributed by atoms with Gasteiger partial charge >= 0.3 is 12.3 Å². The molecule has 8 heteroatoms. The Labute approximate surface area is 164 Å². The average molecular weight is 398 g/mol. The lowest BCUT2D eigenvalue weighted by Crippen LogP contribution is -2.15. The Hall–Kier alpha value is -3.81. The maximum absolute atomic E-state index is 13.3. The molecule has 0 aliphatic carbocycles. The van der Waals surface area contributed by atoms with Crippen LogP contribution in [-0.4, -0.2) is 22.5 Å². The SMILES string of the molecule is CCc1c(-c2ccccc2)oc2c(OC(=O)O)c(OC(=O)O)cc(CC)c2c1=O. The molecule has 1 heterocycles. The lowest BCUT2D eigenvalue weighted by Gasteiger charge is -2.15. The van der Waals surface area contributed by atoms with Gasteiger partial charge in [-0.25, -0.2) is 9.59 Å². The topological polar surface area (TPSA) is 123 Å². The van der Waals surface area contributed by atoms with E-state index < -0.39 is 18.1 Å². The van der Waals surface area contributed by atoms with E-state index in [-0.39, 0.29) is 27.9 Å². The molecule has 0 amide bonds. The number of ether oxygens (including phenoxy) is 2. The minimum absolute atomic E-state index is 0.137. The molecule has 150 valence electrons. The summed E-state index contributed by atoms with van der Waals surface area (Å²) < 4.78 is 15.5. The van der Waals surface area contributed by atoms with E-state index in [1.807, 2.05) is 6.92 Å². The molecule has 0 aliphatic rings. The molecule has 0 aliphatic heterocycles. The molecule has 0 fully saturated rings. The minimum atomic E-state index is -1.70. The van der Waals surface area contributed by atoms with Crippen molar-refractivity contribution in [2.24, 2.45) is 0 Å². The van der Waals surface area contributed by atoms with Crippen LogP contribution in [0.5, 0.6) is 11.5 Å². The van der Waals surface area contributed by atoms with Crippen LogP contribution in [0.3, 0.4) is 0 Å². The summed E-state index contributed by atoms with van der Waals surface area (Å²) in [4.78, 5) is 35.6. The molecule has 2 N–H and O–H groups in total. The summed E-state index contributed by atoms with van der Waals surface area (Å²) in [6.07, 6.45) is -2.61. The summed E-state index contributed by atoms with van der Waals surface area (Å²) >= 11 is 0. The lowest BCUT2D eigenvalue weighted by atomic mass is 9.99. The van der Waals surface area contributed by atoms with E-state index in [4.69, 9.17) is 24.1 Å². The van der Waals surface area contributed by atoms with E-state index in [0.29, 0.717) is 29.5 Å². The van der Waals surface area contributed by atoms with E-state index in [1.165, 1.54) is 6.07 Å². The van der Waals surface area contributed by atoms with Crippen LogP contribution in [0.2, 0.25) is 0 Å². The summed E-state index contributed by atoms with van der Waals surface area (Å²) in [6.45, 7) is 3.58. The van der Waals surface area contributed by atoms with Crippen LogP contribution >= 0.6 is 0 Å². The average Bonchev–Trinajstić information content (AvgIpc) is 2.69. The summed E-state index contributed by atoms with van der Waals surface area (Å²) in [7, 11) is 0. The zero-order chi connectivity index (χ0) is 21.1. The van der Waals surface area contributed by atoms with E-state index >= 15 is 0 Å². The number of fused-ring (bicyclic) bond motifs is 1. The van der Waals surface area contributed by atoms with Gasteiger partial charge in [0.1, 0.15) is 5.76 Å². The normalized spacial score (nSPS) is 10.7. The Kier molecular flexibility index (Phi) is 5.54. The highest BCUT2D eigenvalue weighted by molar-refractivity contribution is 5.92. The Balaban J connectivity index is 2.49. The van der Waals surface area contributed by atoms with Crippen molar-refractivity contribution in [3.05, 3.63) is 57.7 Å². The second kappa shape index (κ2) is 8.05. The molecule has 0 saturated carbocycles. The maximum atomic E-state index is 13.3. The van der Waals surface area contributed by atoms with Crippen LogP contribution < -0.4 is 14.9 Å². The standard InChI is InChI=1S/C21H18O8/c1-3-11-10-14(27-20(23)24)18(29-21(25)26)19-15(11)16(22)13(4-2)17(28-19)12-8-6-5-7-9-12/h5-10H,3-4H2,1-2H3,(H,23,24)(H,25,26). The van der Waals surface area contributed by atoms with Gasteiger partial charge in [0.15, 0.2) is 16.8 Å². The second-order valence-electron chi connectivity index (χ2n) is 6.12. The third-order valence-corrected chi connectivity index (χ3v) is 4.42. The molecule has 0 radical (unpaired) electrons. The first-order valence-electron chi connectivity index (χ1n) is 8.89. The van der Waals surface area contributed by atoms with Gasteiger partial charge < -0.3 is 24.1 Å². The molecule has 3 aromatic rings. The van der Waals surface area contributed by atoms with Crippen molar-refractivity contribution in [1.29, 1.82) is 0 Å². The van der Waals surface area contributed by atoms with Gasteiger partial charge in [-0.05, 0) is 24.5 Å². The second-order valence-corrected chi connectivity index (χ2v) is 6.12. The van der Waals surface area contributed by atoms with Gasteiger partial charge in [-0.15, -0.1) is 0 Å². The fourth-order valence-corrected chi connectivity index (χ4v) is 3.21. The number of hydrogen-bond acceptors (Lipinski definition) is 6. The zero-order valence-electron chi connectivity index (χ0n) is 15.7. The molecular formula is C21H18O8. The fraction of sp³-hybridized carbons (Fsp3) is 0.190. The monoisotopic (exact) mass is 398 g/mol. The Morgan fingerprint density at radius 3 is 2.21 bits per heavy atom. The Morgan fingerprint density at radius 1 is 1.00 bits per heavy atom. The van der Waals surface area contributed by atoms with E-state index in [0.717, 1.165) is 0 Å². The molecule has 0 saturated heterocycles. The highest BCUT2D eigenvalue weighted by atomic mass is 16.7. The molecule has 2 aromatic carbocycles. The van der Waals surface area contributed by atoms with Crippen molar-refractivity contribution in [2.75, 3.05) is 0 Å². The van der Waals surface area contributed by atoms with Crippen molar-refractivity contribution in [3.8, 4) is 22.8 Å². The molecule has 0 bridgehead atoms. The molecule has 0 spiro atoms. The number of hydrogen-bond donors (Lipinski definition) is 2. The van der Waals surface area contributed by atoms with Crippen LogP contribution in [-0.2, 0) is 12.8 Å². The first kappa shape index (κ1) is 19.9. The predicted molar refractivity (Wildman–Crippen MR) is 104 cm³/mol. The molecule has 1 aromatic heterocycles. The Bertz CT molecular complexity index is 1150. The van der Waals surface area contributed by atoms with Crippen molar-refractivity contribution < 1.29 is 33.7 Å². The zero-order valence-corrected chi connectivity index (χ0v) is 15.7. The first-order valence-corrected chi connectivity index (χ1v) is 8.89. The van der Waals surface area contributed by atoms with Crippen molar-refractivity contribution >= 4 is 23.3 Å². The van der Waals surface area contributed by atoms with Crippen LogP contribution in [0.25, 0.3) is 22.3 Å². The van der Waals surface area contributed by atoms with Gasteiger partial charge in [-0.3, -0.25) is 4.79 Å². The van der Waals surface area contributed by atoms with Gasteiger partial charge in [0.2, 0.25) is 5.75 Å². The largest absolute Gasteiger partial charge is 0.511 e. The number of carboxylic acid groups (broad SMARTS) is 2. The summed E-state index contributed by atoms with van der Waals surface area (Å²) in [5, 5.41) is 18.3. The highest BCUT2D eigenvalue weighted by Crippen LogP contribution is 2.40. The third-order valence-electron chi connectivity index (χ3n) is 4.42. The molecule has 0 unspecified atom stereocenters. The van der Waals surface area contributed by atoms with Crippen molar-refractivity contribution in [1.82, 2.24) is 0 Å². The van der Waals surface area contributed by atoms with E-state index in [2.05, 4.69) is 0 Å². The fourth-order valence-electron chi connectivity index (χ4n) is 3.21. The molecular weight excluding hydrogens is 380 g/mol. The first-order chi connectivity index (χ1) is 13.9. The van der Waals surface area contributed by atoms with Gasteiger partial charge in [0.25, 0.3) is 0 Å². The summed E-state index contributed by atoms with van der Waals surface area (Å²) in [6, 6.07) is 10.1. The van der Waals surface area contributed by atoms with Crippen molar-refractivity contribution in [2.45, 2.75) is 26.7 Å². The van der Waals surface area contributed by atoms with Crippen LogP contribution in [0.1, 0.15) is 25.0 Å².